The molecule has 1 fully saturated rings. The van der Waals surface area contributed by atoms with Crippen molar-refractivity contribution in [3.8, 4) is 0 Å². The van der Waals surface area contributed by atoms with Crippen molar-refractivity contribution < 1.29 is 0 Å². The zero-order chi connectivity index (χ0) is 12.8. The number of nitrogens with zero attached hydrogens (tertiary/aromatic N) is 4. The van der Waals surface area contributed by atoms with E-state index in [4.69, 9.17) is 5.10 Å². The van der Waals surface area contributed by atoms with Crippen molar-refractivity contribution in [1.82, 2.24) is 25.1 Å². The molecule has 1 saturated heterocycles. The smallest absolute Gasteiger partial charge is 0.234 e. The lowest BCUT2D eigenvalue weighted by atomic mass is 9.96. The van der Waals surface area contributed by atoms with Crippen LogP contribution in [0.3, 0.4) is 0 Å². The predicted molar refractivity (Wildman–Crippen MR) is 72.2 cm³/mol. The first-order chi connectivity index (χ1) is 8.55. The van der Waals surface area contributed by atoms with Gasteiger partial charge in [-0.1, -0.05) is 32.1 Å². The number of nitrogens with one attached hydrogen (secondary N) is 1. The maximum absolute atomic E-state index is 4.75. The molecule has 2 aromatic rings. The molecule has 98 valence electrons. The van der Waals surface area contributed by atoms with Crippen LogP contribution < -0.4 is 5.32 Å². The lowest BCUT2D eigenvalue weighted by Crippen LogP contribution is -2.26. The molecule has 0 unspecified atom stereocenters. The number of fused-ring (bicyclic) bond motifs is 1. The van der Waals surface area contributed by atoms with Crippen molar-refractivity contribution >= 4 is 16.3 Å². The van der Waals surface area contributed by atoms with Gasteiger partial charge < -0.3 is 5.32 Å². The number of hydrogen-bond donors (Lipinski definition) is 1. The lowest BCUT2D eigenvalue weighted by molar-refractivity contribution is 0.453. The van der Waals surface area contributed by atoms with Crippen LogP contribution in [-0.2, 0) is 5.41 Å². The molecular weight excluding hydrogens is 246 g/mol. The first-order valence-electron chi connectivity index (χ1n) is 6.49. The van der Waals surface area contributed by atoms with Gasteiger partial charge in [0.15, 0.2) is 5.82 Å². The average molecular weight is 265 g/mol. The number of hydrogen-bond acceptors (Lipinski definition) is 5. The summed E-state index contributed by atoms with van der Waals surface area (Å²) in [5.41, 5.74) is -0.0150. The summed E-state index contributed by atoms with van der Waals surface area (Å²) in [5, 5.41) is 17.9. The van der Waals surface area contributed by atoms with E-state index < -0.39 is 0 Å². The Balaban J connectivity index is 1.98. The number of piperidine rings is 1. The molecule has 3 heterocycles. The molecule has 18 heavy (non-hydrogen) atoms. The Hall–Kier alpha value is -1.01. The monoisotopic (exact) mass is 265 g/mol. The van der Waals surface area contributed by atoms with Gasteiger partial charge in [-0.15, -0.1) is 10.2 Å². The molecule has 1 aliphatic heterocycles. The molecule has 1 aliphatic rings. The molecule has 5 nitrogen and oxygen atoms in total. The Kier molecular flexibility index (Phi) is 2.86. The minimum Gasteiger partial charge on any atom is -0.317 e. The van der Waals surface area contributed by atoms with Crippen molar-refractivity contribution in [2.24, 2.45) is 0 Å². The van der Waals surface area contributed by atoms with E-state index in [1.54, 1.807) is 11.3 Å². The Labute approximate surface area is 111 Å². The summed E-state index contributed by atoms with van der Waals surface area (Å²) in [6, 6.07) is 0. The molecule has 6 heteroatoms. The van der Waals surface area contributed by atoms with Crippen molar-refractivity contribution in [2.45, 2.75) is 44.9 Å². The minimum atomic E-state index is -0.0150. The van der Waals surface area contributed by atoms with E-state index in [-0.39, 0.29) is 5.41 Å². The largest absolute Gasteiger partial charge is 0.317 e. The molecule has 0 aromatic carbocycles. The van der Waals surface area contributed by atoms with Crippen LogP contribution in [0.25, 0.3) is 4.96 Å². The Morgan fingerprint density at radius 3 is 2.61 bits per heavy atom. The molecule has 0 saturated carbocycles. The van der Waals surface area contributed by atoms with Crippen LogP contribution >= 0.6 is 11.3 Å². The van der Waals surface area contributed by atoms with Gasteiger partial charge in [-0.2, -0.15) is 9.61 Å². The fraction of sp³-hybridized carbons (Fsp3) is 0.750. The van der Waals surface area contributed by atoms with E-state index in [0.717, 1.165) is 23.9 Å². The standard InChI is InChI=1S/C12H19N5S/c1-12(2,3)10-14-15-11-17(10)16-9(18-11)8-4-6-13-7-5-8/h8,13H,4-7H2,1-3H3. The maximum atomic E-state index is 4.75. The summed E-state index contributed by atoms with van der Waals surface area (Å²) in [5.74, 6) is 1.54. The summed E-state index contributed by atoms with van der Waals surface area (Å²) in [6.45, 7) is 8.63. The van der Waals surface area contributed by atoms with Gasteiger partial charge in [-0.3, -0.25) is 0 Å². The van der Waals surface area contributed by atoms with Gasteiger partial charge in [-0.25, -0.2) is 0 Å². The van der Waals surface area contributed by atoms with E-state index in [0.29, 0.717) is 5.92 Å². The highest BCUT2D eigenvalue weighted by Crippen LogP contribution is 2.30. The van der Waals surface area contributed by atoms with Gasteiger partial charge in [0.2, 0.25) is 4.96 Å². The van der Waals surface area contributed by atoms with E-state index in [1.165, 1.54) is 17.8 Å². The third-order valence-electron chi connectivity index (χ3n) is 3.37. The molecule has 0 aliphatic carbocycles. The summed E-state index contributed by atoms with van der Waals surface area (Å²) >= 11 is 1.69. The molecule has 0 atom stereocenters. The number of rotatable bonds is 1. The Morgan fingerprint density at radius 1 is 1.22 bits per heavy atom. The van der Waals surface area contributed by atoms with E-state index >= 15 is 0 Å². The van der Waals surface area contributed by atoms with Gasteiger partial charge in [0, 0.05) is 11.3 Å². The fourth-order valence-electron chi connectivity index (χ4n) is 2.33. The van der Waals surface area contributed by atoms with Crippen molar-refractivity contribution in [3.05, 3.63) is 10.8 Å². The number of aromatic nitrogens is 4. The quantitative estimate of drug-likeness (QED) is 0.856. The van der Waals surface area contributed by atoms with E-state index in [1.807, 2.05) is 4.52 Å². The van der Waals surface area contributed by atoms with Gasteiger partial charge in [-0.05, 0) is 25.9 Å². The SMILES string of the molecule is CC(C)(C)c1nnc2sc(C3CCNCC3)nn12. The van der Waals surface area contributed by atoms with Crippen molar-refractivity contribution in [1.29, 1.82) is 0 Å². The van der Waals surface area contributed by atoms with Gasteiger partial charge in [0.25, 0.3) is 0 Å². The van der Waals surface area contributed by atoms with Crippen LogP contribution in [-0.4, -0.2) is 32.9 Å². The van der Waals surface area contributed by atoms with Crippen molar-refractivity contribution in [3.63, 3.8) is 0 Å². The van der Waals surface area contributed by atoms with Gasteiger partial charge in [0.05, 0.1) is 0 Å². The van der Waals surface area contributed by atoms with E-state index in [9.17, 15) is 0 Å². The fourth-order valence-corrected chi connectivity index (χ4v) is 3.34. The molecule has 0 bridgehead atoms. The molecule has 0 amide bonds. The zero-order valence-electron chi connectivity index (χ0n) is 11.1. The summed E-state index contributed by atoms with van der Waals surface area (Å²) in [6.07, 6.45) is 2.35. The third kappa shape index (κ3) is 2.03. The Bertz CT molecular complexity index is 544. The average Bonchev–Trinajstić information content (AvgIpc) is 2.87. The second-order valence-corrected chi connectivity index (χ2v) is 6.92. The van der Waals surface area contributed by atoms with Gasteiger partial charge >= 0.3 is 0 Å². The maximum Gasteiger partial charge on any atom is 0.234 e. The Morgan fingerprint density at radius 2 is 1.94 bits per heavy atom. The van der Waals surface area contributed by atoms with Crippen LogP contribution in [0.4, 0.5) is 0 Å². The molecule has 0 radical (unpaired) electrons. The highest BCUT2D eigenvalue weighted by molar-refractivity contribution is 7.16. The van der Waals surface area contributed by atoms with Crippen LogP contribution in [0.15, 0.2) is 0 Å². The molecule has 3 rings (SSSR count). The predicted octanol–water partition coefficient (Wildman–Crippen LogP) is 1.95. The van der Waals surface area contributed by atoms with E-state index in [2.05, 4.69) is 36.3 Å². The highest BCUT2D eigenvalue weighted by Gasteiger charge is 2.25. The first kappa shape index (κ1) is 12.0. The minimum absolute atomic E-state index is 0.0150. The summed E-state index contributed by atoms with van der Waals surface area (Å²) in [4.78, 5) is 0.924. The zero-order valence-corrected chi connectivity index (χ0v) is 11.9. The molecular formula is C12H19N5S. The summed E-state index contributed by atoms with van der Waals surface area (Å²) in [7, 11) is 0. The van der Waals surface area contributed by atoms with Crippen LogP contribution in [0.2, 0.25) is 0 Å². The molecule has 0 spiro atoms. The van der Waals surface area contributed by atoms with Crippen LogP contribution in [0, 0.1) is 0 Å². The lowest BCUT2D eigenvalue weighted by Gasteiger charge is -2.20. The normalized spacial score (nSPS) is 18.6. The molecule has 2 aromatic heterocycles. The molecule has 1 N–H and O–H groups in total. The second kappa shape index (κ2) is 4.28. The van der Waals surface area contributed by atoms with Crippen molar-refractivity contribution in [2.75, 3.05) is 13.1 Å². The van der Waals surface area contributed by atoms with Crippen LogP contribution in [0.5, 0.6) is 0 Å². The van der Waals surface area contributed by atoms with Gasteiger partial charge in [0.1, 0.15) is 5.01 Å². The second-order valence-electron chi connectivity index (χ2n) is 5.93. The van der Waals surface area contributed by atoms with Crippen LogP contribution in [0.1, 0.15) is 50.4 Å². The summed E-state index contributed by atoms with van der Waals surface area (Å²) < 4.78 is 1.93. The topological polar surface area (TPSA) is 55.1 Å². The first-order valence-corrected chi connectivity index (χ1v) is 7.31. The third-order valence-corrected chi connectivity index (χ3v) is 4.43. The highest BCUT2D eigenvalue weighted by atomic mass is 32.1.